The number of hydrogen-bond acceptors (Lipinski definition) is 4. The first-order chi connectivity index (χ1) is 8.08. The summed E-state index contributed by atoms with van der Waals surface area (Å²) in [6, 6.07) is 1.80. The first-order valence-electron chi connectivity index (χ1n) is 4.03. The summed E-state index contributed by atoms with van der Waals surface area (Å²) in [7, 11) is -5.87. The van der Waals surface area contributed by atoms with Crippen molar-refractivity contribution >= 4 is 39.6 Å². The smallest absolute Gasteiger partial charge is 0.374 e. The Morgan fingerprint density at radius 3 is 2.22 bits per heavy atom. The number of halogens is 5. The normalized spacial score (nSPS) is 12.3. The van der Waals surface area contributed by atoms with Gasteiger partial charge in [-0.25, -0.2) is 0 Å². The van der Waals surface area contributed by atoms with Gasteiger partial charge in [-0.2, -0.15) is 21.6 Å². The lowest BCUT2D eigenvalue weighted by atomic mass is 10.2. The standard InChI is InChI=1S/C8H3Cl2F3O4S/c9-5-1-4(3-14)7(10)6(2-5)17-18(15,16)8(11,12)13/h1-3H. The lowest BCUT2D eigenvalue weighted by molar-refractivity contribution is -0.0500. The Labute approximate surface area is 109 Å². The number of alkyl halides is 3. The second-order valence-electron chi connectivity index (χ2n) is 2.91. The molecule has 4 nitrogen and oxygen atoms in total. The van der Waals surface area contributed by atoms with E-state index in [4.69, 9.17) is 23.2 Å². The number of carbonyl (C=O) groups excluding carboxylic acids is 1. The largest absolute Gasteiger partial charge is 0.534 e. The van der Waals surface area contributed by atoms with Crippen LogP contribution >= 0.6 is 23.2 Å². The van der Waals surface area contributed by atoms with Gasteiger partial charge < -0.3 is 4.18 Å². The van der Waals surface area contributed by atoms with Gasteiger partial charge in [0.05, 0.1) is 5.02 Å². The van der Waals surface area contributed by atoms with E-state index < -0.39 is 26.4 Å². The average molecular weight is 323 g/mol. The second-order valence-corrected chi connectivity index (χ2v) is 5.26. The van der Waals surface area contributed by atoms with E-state index in [1.807, 2.05) is 0 Å². The summed E-state index contributed by atoms with van der Waals surface area (Å²) in [6.07, 6.45) is 0.196. The summed E-state index contributed by atoms with van der Waals surface area (Å²) in [5, 5.41) is -0.781. The van der Waals surface area contributed by atoms with Crippen LogP contribution < -0.4 is 4.18 Å². The Kier molecular flexibility index (Phi) is 4.14. The van der Waals surface area contributed by atoms with Crippen LogP contribution in [0.4, 0.5) is 13.2 Å². The fourth-order valence-electron chi connectivity index (χ4n) is 0.896. The third-order valence-electron chi connectivity index (χ3n) is 1.64. The predicted molar refractivity (Wildman–Crippen MR) is 57.5 cm³/mol. The molecule has 0 aliphatic carbocycles. The third-order valence-corrected chi connectivity index (χ3v) is 3.23. The fraction of sp³-hybridized carbons (Fsp3) is 0.125. The van der Waals surface area contributed by atoms with Gasteiger partial charge in [-0.15, -0.1) is 0 Å². The SMILES string of the molecule is O=Cc1cc(Cl)cc(OS(=O)(=O)C(F)(F)F)c1Cl. The molecule has 1 aromatic rings. The molecule has 0 N–H and O–H groups in total. The molecule has 0 atom stereocenters. The highest BCUT2D eigenvalue weighted by molar-refractivity contribution is 7.88. The van der Waals surface area contributed by atoms with Gasteiger partial charge >= 0.3 is 15.6 Å². The van der Waals surface area contributed by atoms with Crippen LogP contribution in [0.3, 0.4) is 0 Å². The van der Waals surface area contributed by atoms with E-state index in [0.29, 0.717) is 0 Å². The Morgan fingerprint density at radius 1 is 1.22 bits per heavy atom. The van der Waals surface area contributed by atoms with Crippen molar-refractivity contribution in [2.45, 2.75) is 5.51 Å². The van der Waals surface area contributed by atoms with Gasteiger partial charge in [0.15, 0.2) is 12.0 Å². The van der Waals surface area contributed by atoms with Gasteiger partial charge in [-0.3, -0.25) is 4.79 Å². The molecule has 0 unspecified atom stereocenters. The Balaban J connectivity index is 3.29. The Bertz CT molecular complexity index is 583. The first-order valence-corrected chi connectivity index (χ1v) is 6.20. The molecule has 1 rings (SSSR count). The maximum absolute atomic E-state index is 12.1. The predicted octanol–water partition coefficient (Wildman–Crippen LogP) is 3.03. The number of aldehydes is 1. The van der Waals surface area contributed by atoms with E-state index in [2.05, 4.69) is 4.18 Å². The molecule has 0 spiro atoms. The molecule has 0 radical (unpaired) electrons. The minimum Gasteiger partial charge on any atom is -0.374 e. The number of benzene rings is 1. The molecular formula is C8H3Cl2F3O4S. The quantitative estimate of drug-likeness (QED) is 0.487. The van der Waals surface area contributed by atoms with Crippen molar-refractivity contribution in [1.29, 1.82) is 0 Å². The molecule has 0 aromatic heterocycles. The van der Waals surface area contributed by atoms with Crippen LogP contribution in [-0.4, -0.2) is 20.2 Å². The van der Waals surface area contributed by atoms with Crippen molar-refractivity contribution in [1.82, 2.24) is 0 Å². The van der Waals surface area contributed by atoms with Crippen LogP contribution in [0.15, 0.2) is 12.1 Å². The minimum atomic E-state index is -5.87. The van der Waals surface area contributed by atoms with Crippen LogP contribution in [0.5, 0.6) is 5.75 Å². The zero-order valence-corrected chi connectivity index (χ0v) is 10.5. The van der Waals surface area contributed by atoms with Crippen molar-refractivity contribution < 1.29 is 30.6 Å². The maximum Gasteiger partial charge on any atom is 0.534 e. The van der Waals surface area contributed by atoms with Gasteiger partial charge in [0.25, 0.3) is 0 Å². The second kappa shape index (κ2) is 4.94. The van der Waals surface area contributed by atoms with Crippen LogP contribution in [0.25, 0.3) is 0 Å². The van der Waals surface area contributed by atoms with Gasteiger partial charge in [-0.05, 0) is 6.07 Å². The molecule has 0 saturated heterocycles. The van der Waals surface area contributed by atoms with Gasteiger partial charge in [0, 0.05) is 16.7 Å². The molecule has 0 amide bonds. The molecule has 18 heavy (non-hydrogen) atoms. The van der Waals surface area contributed by atoms with E-state index in [9.17, 15) is 26.4 Å². The monoisotopic (exact) mass is 322 g/mol. The van der Waals surface area contributed by atoms with Gasteiger partial charge in [0.2, 0.25) is 0 Å². The molecule has 1 aromatic carbocycles. The summed E-state index contributed by atoms with van der Waals surface area (Å²) in [5.74, 6) is -0.872. The van der Waals surface area contributed by atoms with E-state index in [-0.39, 0.29) is 16.9 Å². The molecule has 10 heteroatoms. The molecular weight excluding hydrogens is 320 g/mol. The van der Waals surface area contributed by atoms with E-state index >= 15 is 0 Å². The molecule has 0 fully saturated rings. The third kappa shape index (κ3) is 3.06. The van der Waals surface area contributed by atoms with Crippen LogP contribution in [-0.2, 0) is 10.1 Å². The average Bonchev–Trinajstić information content (AvgIpc) is 2.20. The molecule has 0 heterocycles. The van der Waals surface area contributed by atoms with Gasteiger partial charge in [-0.1, -0.05) is 23.2 Å². The first kappa shape index (κ1) is 15.1. The summed E-state index contributed by atoms with van der Waals surface area (Å²) >= 11 is 11.0. The molecule has 100 valence electrons. The minimum absolute atomic E-state index is 0.196. The molecule has 0 bridgehead atoms. The van der Waals surface area contributed by atoms with Crippen molar-refractivity contribution in [3.8, 4) is 5.75 Å². The maximum atomic E-state index is 12.1. The van der Waals surface area contributed by atoms with Crippen molar-refractivity contribution in [3.63, 3.8) is 0 Å². The molecule has 0 aliphatic heterocycles. The fourth-order valence-corrected chi connectivity index (χ4v) is 1.81. The van der Waals surface area contributed by atoms with E-state index in [0.717, 1.165) is 12.1 Å². The summed E-state index contributed by atoms with van der Waals surface area (Å²) in [5.41, 5.74) is -5.91. The Hall–Kier alpha value is -0.990. The van der Waals surface area contributed by atoms with Crippen molar-refractivity contribution in [2.75, 3.05) is 0 Å². The van der Waals surface area contributed by atoms with Gasteiger partial charge in [0.1, 0.15) is 0 Å². The van der Waals surface area contributed by atoms with Crippen molar-refractivity contribution in [3.05, 3.63) is 27.7 Å². The summed E-state index contributed by atoms with van der Waals surface area (Å²) in [6.45, 7) is 0. The highest BCUT2D eigenvalue weighted by Crippen LogP contribution is 2.35. The van der Waals surface area contributed by atoms with Crippen LogP contribution in [0.1, 0.15) is 10.4 Å². The topological polar surface area (TPSA) is 60.4 Å². The lowest BCUT2D eigenvalue weighted by Gasteiger charge is -2.11. The van der Waals surface area contributed by atoms with Crippen molar-refractivity contribution in [2.24, 2.45) is 0 Å². The summed E-state index contributed by atoms with van der Waals surface area (Å²) < 4.78 is 61.5. The number of rotatable bonds is 3. The highest BCUT2D eigenvalue weighted by Gasteiger charge is 2.48. The molecule has 0 saturated carbocycles. The van der Waals surface area contributed by atoms with Crippen LogP contribution in [0, 0.1) is 0 Å². The van der Waals surface area contributed by atoms with Crippen LogP contribution in [0.2, 0.25) is 10.0 Å². The number of hydrogen-bond donors (Lipinski definition) is 0. The summed E-state index contributed by atoms with van der Waals surface area (Å²) in [4.78, 5) is 10.5. The lowest BCUT2D eigenvalue weighted by Crippen LogP contribution is -2.28. The molecule has 0 aliphatic rings. The zero-order valence-electron chi connectivity index (χ0n) is 8.16. The van der Waals surface area contributed by atoms with E-state index in [1.165, 1.54) is 0 Å². The number of carbonyl (C=O) groups is 1. The Morgan fingerprint density at radius 2 is 1.78 bits per heavy atom. The highest BCUT2D eigenvalue weighted by atomic mass is 35.5. The zero-order chi connectivity index (χ0) is 14.1. The van der Waals surface area contributed by atoms with E-state index in [1.54, 1.807) is 0 Å².